The lowest BCUT2D eigenvalue weighted by Crippen LogP contribution is -2.55. The minimum Gasteiger partial charge on any atom is -0.467 e. The van der Waals surface area contributed by atoms with Crippen LogP contribution >= 0.6 is 11.6 Å². The molecule has 0 atom stereocenters. The van der Waals surface area contributed by atoms with Gasteiger partial charge in [-0.25, -0.2) is 4.79 Å². The van der Waals surface area contributed by atoms with Crippen molar-refractivity contribution in [1.82, 2.24) is 5.32 Å². The highest BCUT2D eigenvalue weighted by molar-refractivity contribution is 6.30. The van der Waals surface area contributed by atoms with Crippen LogP contribution in [0.3, 0.4) is 0 Å². The predicted molar refractivity (Wildman–Crippen MR) is 83.4 cm³/mol. The van der Waals surface area contributed by atoms with Crippen LogP contribution in [0.1, 0.15) is 36.0 Å². The molecular formula is C16H16ClN3O3. The molecule has 0 aromatic heterocycles. The molecule has 0 saturated heterocycles. The monoisotopic (exact) mass is 333 g/mol. The number of hydrogen-bond acceptors (Lipinski definition) is 5. The molecule has 1 rings (SSSR count). The summed E-state index contributed by atoms with van der Waals surface area (Å²) in [5.41, 5.74) is -1.09. The number of esters is 1. The first kappa shape index (κ1) is 18.5. The summed E-state index contributed by atoms with van der Waals surface area (Å²) >= 11 is 5.78. The van der Waals surface area contributed by atoms with E-state index in [2.05, 4.69) is 5.32 Å². The Morgan fingerprint density at radius 3 is 2.13 bits per heavy atom. The fourth-order valence-corrected chi connectivity index (χ4v) is 2.26. The summed E-state index contributed by atoms with van der Waals surface area (Å²) in [4.78, 5) is 24.6. The van der Waals surface area contributed by atoms with Crippen molar-refractivity contribution >= 4 is 23.5 Å². The first-order chi connectivity index (χ1) is 11.0. The normalized spacial score (nSPS) is 10.3. The van der Waals surface area contributed by atoms with Crippen molar-refractivity contribution in [3.05, 3.63) is 34.9 Å². The zero-order valence-electron chi connectivity index (χ0n) is 12.6. The minimum atomic E-state index is -1.41. The van der Waals surface area contributed by atoms with Crippen LogP contribution in [0.2, 0.25) is 5.02 Å². The molecule has 23 heavy (non-hydrogen) atoms. The Kier molecular flexibility index (Phi) is 7.05. The number of nitrogens with one attached hydrogen (secondary N) is 1. The summed E-state index contributed by atoms with van der Waals surface area (Å²) in [5.74, 6) is -1.17. The van der Waals surface area contributed by atoms with Crippen molar-refractivity contribution in [2.75, 3.05) is 7.11 Å². The van der Waals surface area contributed by atoms with E-state index >= 15 is 0 Å². The largest absolute Gasteiger partial charge is 0.467 e. The smallest absolute Gasteiger partial charge is 0.331 e. The van der Waals surface area contributed by atoms with Crippen LogP contribution in [0.15, 0.2) is 24.3 Å². The average molecular weight is 334 g/mol. The molecular weight excluding hydrogens is 318 g/mol. The number of halogens is 1. The van der Waals surface area contributed by atoms with Gasteiger partial charge >= 0.3 is 5.97 Å². The van der Waals surface area contributed by atoms with E-state index in [0.717, 1.165) is 0 Å². The van der Waals surface area contributed by atoms with E-state index in [9.17, 15) is 9.59 Å². The van der Waals surface area contributed by atoms with E-state index in [1.807, 2.05) is 12.1 Å². The molecule has 0 aliphatic rings. The van der Waals surface area contributed by atoms with Crippen molar-refractivity contribution in [2.24, 2.45) is 0 Å². The van der Waals surface area contributed by atoms with Gasteiger partial charge in [0, 0.05) is 23.4 Å². The molecule has 6 nitrogen and oxygen atoms in total. The van der Waals surface area contributed by atoms with Crippen molar-refractivity contribution in [3.8, 4) is 12.1 Å². The van der Waals surface area contributed by atoms with E-state index in [1.54, 1.807) is 12.1 Å². The summed E-state index contributed by atoms with van der Waals surface area (Å²) in [5, 5.41) is 20.7. The number of nitrogens with zero attached hydrogens (tertiary/aromatic N) is 2. The number of rotatable bonds is 7. The molecule has 0 saturated carbocycles. The van der Waals surface area contributed by atoms with Crippen LogP contribution in [0.5, 0.6) is 0 Å². The van der Waals surface area contributed by atoms with Crippen molar-refractivity contribution < 1.29 is 14.3 Å². The molecule has 1 amide bonds. The average Bonchev–Trinajstić information content (AvgIpc) is 2.57. The first-order valence-electron chi connectivity index (χ1n) is 6.89. The predicted octanol–water partition coefficient (Wildman–Crippen LogP) is 2.59. The number of carbonyl (C=O) groups is 2. The van der Waals surface area contributed by atoms with Crippen LogP contribution in [0, 0.1) is 22.7 Å². The number of ether oxygens (including phenoxy) is 1. The molecule has 0 aliphatic heterocycles. The molecule has 1 aromatic carbocycles. The molecule has 7 heteroatoms. The lowest BCUT2D eigenvalue weighted by atomic mass is 9.88. The molecule has 0 unspecified atom stereocenters. The summed E-state index contributed by atoms with van der Waals surface area (Å²) in [7, 11) is 1.20. The third-order valence-corrected chi connectivity index (χ3v) is 3.61. The lowest BCUT2D eigenvalue weighted by Gasteiger charge is -2.30. The number of hydrogen-bond donors (Lipinski definition) is 1. The molecule has 0 heterocycles. The third-order valence-electron chi connectivity index (χ3n) is 3.36. The van der Waals surface area contributed by atoms with Crippen LogP contribution in [0.25, 0.3) is 0 Å². The summed E-state index contributed by atoms with van der Waals surface area (Å²) in [6.45, 7) is 0. The topological polar surface area (TPSA) is 103 Å². The van der Waals surface area contributed by atoms with Gasteiger partial charge in [-0.2, -0.15) is 10.5 Å². The Labute approximate surface area is 139 Å². The van der Waals surface area contributed by atoms with Gasteiger partial charge in [0.15, 0.2) is 0 Å². The zero-order valence-corrected chi connectivity index (χ0v) is 13.4. The zero-order chi connectivity index (χ0) is 17.3. The van der Waals surface area contributed by atoms with Crippen molar-refractivity contribution in [3.63, 3.8) is 0 Å². The van der Waals surface area contributed by atoms with Gasteiger partial charge in [0.25, 0.3) is 5.91 Å². The molecule has 0 spiro atoms. The van der Waals surface area contributed by atoms with E-state index in [4.69, 9.17) is 26.9 Å². The highest BCUT2D eigenvalue weighted by Crippen LogP contribution is 2.23. The van der Waals surface area contributed by atoms with E-state index in [-0.39, 0.29) is 25.7 Å². The maximum atomic E-state index is 12.4. The second-order valence-corrected chi connectivity index (χ2v) is 5.29. The van der Waals surface area contributed by atoms with Crippen LogP contribution in [0.4, 0.5) is 0 Å². The van der Waals surface area contributed by atoms with Gasteiger partial charge in [0.2, 0.25) is 0 Å². The highest BCUT2D eigenvalue weighted by atomic mass is 35.5. The Bertz CT molecular complexity index is 626. The van der Waals surface area contributed by atoms with Gasteiger partial charge in [-0.05, 0) is 37.1 Å². The Hall–Kier alpha value is -2.57. The van der Waals surface area contributed by atoms with Gasteiger partial charge in [-0.3, -0.25) is 4.79 Å². The summed E-state index contributed by atoms with van der Waals surface area (Å²) in [6.07, 6.45) is 0.219. The number of methoxy groups -OCH3 is 1. The van der Waals surface area contributed by atoms with Gasteiger partial charge in [0.05, 0.1) is 19.2 Å². The second-order valence-electron chi connectivity index (χ2n) is 4.85. The maximum Gasteiger partial charge on any atom is 0.331 e. The number of benzene rings is 1. The summed E-state index contributed by atoms with van der Waals surface area (Å²) in [6, 6.07) is 10.0. The highest BCUT2D eigenvalue weighted by Gasteiger charge is 2.40. The SMILES string of the molecule is COC(=O)C(CCC#N)(CCC#N)NC(=O)c1ccc(Cl)cc1. The summed E-state index contributed by atoms with van der Waals surface area (Å²) < 4.78 is 4.77. The van der Waals surface area contributed by atoms with Gasteiger partial charge < -0.3 is 10.1 Å². The van der Waals surface area contributed by atoms with Gasteiger partial charge in [-0.1, -0.05) is 11.6 Å². The molecule has 0 aliphatic carbocycles. The molecule has 0 radical (unpaired) electrons. The van der Waals surface area contributed by atoms with Crippen molar-refractivity contribution in [2.45, 2.75) is 31.2 Å². The first-order valence-corrected chi connectivity index (χ1v) is 7.27. The molecule has 0 fully saturated rings. The van der Waals surface area contributed by atoms with Crippen LogP contribution < -0.4 is 5.32 Å². The number of carbonyl (C=O) groups excluding carboxylic acids is 2. The molecule has 0 bridgehead atoms. The van der Waals surface area contributed by atoms with E-state index in [1.165, 1.54) is 19.2 Å². The van der Waals surface area contributed by atoms with Gasteiger partial charge in [0.1, 0.15) is 5.54 Å². The molecule has 1 aromatic rings. The Morgan fingerprint density at radius 2 is 1.70 bits per heavy atom. The number of nitriles is 2. The fraction of sp³-hybridized carbons (Fsp3) is 0.375. The Morgan fingerprint density at radius 1 is 1.17 bits per heavy atom. The molecule has 1 N–H and O–H groups in total. The van der Waals surface area contributed by atoms with E-state index < -0.39 is 17.4 Å². The van der Waals surface area contributed by atoms with E-state index in [0.29, 0.717) is 10.6 Å². The fourth-order valence-electron chi connectivity index (χ4n) is 2.13. The minimum absolute atomic E-state index is 0.0431. The number of amides is 1. The standard InChI is InChI=1S/C16H16ClN3O3/c1-23-15(22)16(8-2-10-18,9-3-11-19)20-14(21)12-4-6-13(17)7-5-12/h4-7H,2-3,8-9H2,1H3,(H,20,21). The maximum absolute atomic E-state index is 12.4. The molecule has 120 valence electrons. The van der Waals surface area contributed by atoms with Crippen molar-refractivity contribution in [1.29, 1.82) is 10.5 Å². The lowest BCUT2D eigenvalue weighted by molar-refractivity contribution is -0.148. The quantitative estimate of drug-likeness (QED) is 0.772. The van der Waals surface area contributed by atoms with Crippen LogP contribution in [-0.2, 0) is 9.53 Å². The second kappa shape index (κ2) is 8.77. The van der Waals surface area contributed by atoms with Crippen LogP contribution in [-0.4, -0.2) is 24.5 Å². The van der Waals surface area contributed by atoms with Gasteiger partial charge in [-0.15, -0.1) is 0 Å². The third kappa shape index (κ3) is 4.98. The Balaban J connectivity index is 3.08.